The van der Waals surface area contributed by atoms with Crippen molar-refractivity contribution in [1.29, 1.82) is 0 Å². The number of hydrogen-bond donors (Lipinski definition) is 2. The van der Waals surface area contributed by atoms with Crippen molar-refractivity contribution in [1.82, 2.24) is 0 Å². The van der Waals surface area contributed by atoms with Crippen LogP contribution in [0.4, 0.5) is 5.00 Å². The second-order valence-electron chi connectivity index (χ2n) is 5.24. The van der Waals surface area contributed by atoms with Gasteiger partial charge in [0.05, 0.1) is 11.5 Å². The van der Waals surface area contributed by atoms with Crippen molar-refractivity contribution in [2.24, 2.45) is 0 Å². The molecule has 108 valence electrons. The van der Waals surface area contributed by atoms with E-state index in [9.17, 15) is 14.7 Å². The highest BCUT2D eigenvalue weighted by molar-refractivity contribution is 7.16. The number of carbonyl (C=O) groups excluding carboxylic acids is 1. The van der Waals surface area contributed by atoms with E-state index in [-0.39, 0.29) is 17.4 Å². The van der Waals surface area contributed by atoms with Gasteiger partial charge in [-0.15, -0.1) is 11.3 Å². The summed E-state index contributed by atoms with van der Waals surface area (Å²) in [4.78, 5) is 24.6. The SMILES string of the molecule is Cc1sc(NC(=O)C2Cc3ccccc32)c(C(=O)O)c1C. The summed E-state index contributed by atoms with van der Waals surface area (Å²) in [5, 5.41) is 12.5. The van der Waals surface area contributed by atoms with E-state index in [0.717, 1.165) is 16.0 Å². The van der Waals surface area contributed by atoms with Crippen LogP contribution in [0.3, 0.4) is 0 Å². The minimum Gasteiger partial charge on any atom is -0.478 e. The molecular weight excluding hydrogens is 286 g/mol. The van der Waals surface area contributed by atoms with Gasteiger partial charge >= 0.3 is 5.97 Å². The fraction of sp³-hybridized carbons (Fsp3) is 0.250. The lowest BCUT2D eigenvalue weighted by molar-refractivity contribution is -0.118. The molecule has 1 aliphatic rings. The molecule has 21 heavy (non-hydrogen) atoms. The third kappa shape index (κ3) is 2.23. The summed E-state index contributed by atoms with van der Waals surface area (Å²) in [5.74, 6) is -1.30. The molecule has 0 saturated heterocycles. The number of anilines is 1. The lowest BCUT2D eigenvalue weighted by Crippen LogP contribution is -2.30. The van der Waals surface area contributed by atoms with E-state index in [0.29, 0.717) is 11.4 Å². The summed E-state index contributed by atoms with van der Waals surface area (Å²) in [6.45, 7) is 3.63. The Hall–Kier alpha value is -2.14. The lowest BCUT2D eigenvalue weighted by atomic mass is 9.77. The first-order valence-electron chi connectivity index (χ1n) is 6.71. The minimum atomic E-state index is -0.999. The van der Waals surface area contributed by atoms with Crippen LogP contribution < -0.4 is 5.32 Å². The molecule has 1 unspecified atom stereocenters. The van der Waals surface area contributed by atoms with Gasteiger partial charge in [0, 0.05) is 4.88 Å². The number of rotatable bonds is 3. The Morgan fingerprint density at radius 3 is 2.67 bits per heavy atom. The summed E-state index contributed by atoms with van der Waals surface area (Å²) >= 11 is 1.32. The standard InChI is InChI=1S/C16H15NO3S/c1-8-9(2)21-15(13(8)16(19)20)17-14(18)12-7-10-5-3-4-6-11(10)12/h3-6,12H,7H2,1-2H3,(H,17,18)(H,19,20). The fourth-order valence-electron chi connectivity index (χ4n) is 2.66. The normalized spacial score (nSPS) is 16.0. The molecule has 0 fully saturated rings. The summed E-state index contributed by atoms with van der Waals surface area (Å²) in [7, 11) is 0. The molecule has 1 aliphatic carbocycles. The number of nitrogens with one attached hydrogen (secondary N) is 1. The number of thiophene rings is 1. The van der Waals surface area contributed by atoms with Gasteiger partial charge in [-0.25, -0.2) is 4.79 Å². The number of carbonyl (C=O) groups is 2. The lowest BCUT2D eigenvalue weighted by Gasteiger charge is -2.28. The van der Waals surface area contributed by atoms with E-state index in [1.165, 1.54) is 16.9 Å². The molecule has 2 N–H and O–H groups in total. The molecule has 0 aliphatic heterocycles. The maximum absolute atomic E-state index is 12.4. The number of benzene rings is 1. The molecule has 1 aromatic carbocycles. The first-order valence-corrected chi connectivity index (χ1v) is 7.52. The molecule has 3 rings (SSSR count). The average molecular weight is 301 g/mol. The van der Waals surface area contributed by atoms with Crippen molar-refractivity contribution >= 4 is 28.2 Å². The van der Waals surface area contributed by atoms with Gasteiger partial charge in [0.1, 0.15) is 5.00 Å². The van der Waals surface area contributed by atoms with Crippen molar-refractivity contribution < 1.29 is 14.7 Å². The van der Waals surface area contributed by atoms with Crippen molar-refractivity contribution in [3.05, 3.63) is 51.4 Å². The van der Waals surface area contributed by atoms with Crippen LogP contribution in [-0.4, -0.2) is 17.0 Å². The Bertz CT molecular complexity index is 748. The van der Waals surface area contributed by atoms with Gasteiger partial charge < -0.3 is 10.4 Å². The second-order valence-corrected chi connectivity index (χ2v) is 6.46. The van der Waals surface area contributed by atoms with Crippen LogP contribution in [0.25, 0.3) is 0 Å². The average Bonchev–Trinajstić information content (AvgIpc) is 2.66. The first kappa shape index (κ1) is 13.8. The van der Waals surface area contributed by atoms with Crippen molar-refractivity contribution in [2.45, 2.75) is 26.2 Å². The van der Waals surface area contributed by atoms with Crippen molar-refractivity contribution in [3.8, 4) is 0 Å². The van der Waals surface area contributed by atoms with Crippen LogP contribution >= 0.6 is 11.3 Å². The van der Waals surface area contributed by atoms with Crippen molar-refractivity contribution in [3.63, 3.8) is 0 Å². The number of aryl methyl sites for hydroxylation is 1. The Balaban J connectivity index is 1.84. The predicted molar refractivity (Wildman–Crippen MR) is 82.3 cm³/mol. The first-order chi connectivity index (χ1) is 9.99. The van der Waals surface area contributed by atoms with Crippen molar-refractivity contribution in [2.75, 3.05) is 5.32 Å². The van der Waals surface area contributed by atoms with Gasteiger partial charge in [0.25, 0.3) is 0 Å². The number of carboxylic acids is 1. The van der Waals surface area contributed by atoms with E-state index >= 15 is 0 Å². The molecular formula is C16H15NO3S. The molecule has 1 amide bonds. The fourth-order valence-corrected chi connectivity index (χ4v) is 3.72. The number of fused-ring (bicyclic) bond motifs is 1. The predicted octanol–water partition coefficient (Wildman–Crippen LogP) is 3.34. The van der Waals surface area contributed by atoms with Gasteiger partial charge in [-0.1, -0.05) is 24.3 Å². The van der Waals surface area contributed by atoms with E-state index in [1.807, 2.05) is 31.2 Å². The third-order valence-electron chi connectivity index (χ3n) is 4.01. The van der Waals surface area contributed by atoms with Crippen LogP contribution in [0, 0.1) is 13.8 Å². The quantitative estimate of drug-likeness (QED) is 0.913. The van der Waals surface area contributed by atoms with Crippen LogP contribution in [0.2, 0.25) is 0 Å². The smallest absolute Gasteiger partial charge is 0.338 e. The largest absolute Gasteiger partial charge is 0.478 e. The maximum atomic E-state index is 12.4. The molecule has 1 heterocycles. The number of amides is 1. The molecule has 4 nitrogen and oxygen atoms in total. The summed E-state index contributed by atoms with van der Waals surface area (Å²) < 4.78 is 0. The zero-order chi connectivity index (χ0) is 15.1. The number of hydrogen-bond acceptors (Lipinski definition) is 3. The summed E-state index contributed by atoms with van der Waals surface area (Å²) in [6, 6.07) is 7.84. The summed E-state index contributed by atoms with van der Waals surface area (Å²) in [6.07, 6.45) is 0.716. The maximum Gasteiger partial charge on any atom is 0.338 e. The van der Waals surface area contributed by atoms with Gasteiger partial charge in [-0.2, -0.15) is 0 Å². The van der Waals surface area contributed by atoms with E-state index < -0.39 is 5.97 Å². The van der Waals surface area contributed by atoms with Crippen LogP contribution in [0.5, 0.6) is 0 Å². The van der Waals surface area contributed by atoms with Gasteiger partial charge in [-0.05, 0) is 37.0 Å². The van der Waals surface area contributed by atoms with Crippen LogP contribution in [0.1, 0.15) is 37.8 Å². The molecule has 0 bridgehead atoms. The molecule has 5 heteroatoms. The second kappa shape index (κ2) is 5.00. The summed E-state index contributed by atoms with van der Waals surface area (Å²) in [5.41, 5.74) is 3.15. The Kier molecular flexibility index (Phi) is 3.29. The topological polar surface area (TPSA) is 66.4 Å². The Labute approximate surface area is 126 Å². The van der Waals surface area contributed by atoms with Gasteiger partial charge in [-0.3, -0.25) is 4.79 Å². The molecule has 2 aromatic rings. The monoisotopic (exact) mass is 301 g/mol. The molecule has 1 atom stereocenters. The highest BCUT2D eigenvalue weighted by Crippen LogP contribution is 2.38. The highest BCUT2D eigenvalue weighted by Gasteiger charge is 2.33. The molecule has 1 aromatic heterocycles. The molecule has 0 saturated carbocycles. The van der Waals surface area contributed by atoms with E-state index in [4.69, 9.17) is 0 Å². The van der Waals surface area contributed by atoms with Crippen LogP contribution in [-0.2, 0) is 11.2 Å². The van der Waals surface area contributed by atoms with Crippen LogP contribution in [0.15, 0.2) is 24.3 Å². The number of carboxylic acid groups (broad SMARTS) is 1. The van der Waals surface area contributed by atoms with Gasteiger partial charge in [0.2, 0.25) is 5.91 Å². The minimum absolute atomic E-state index is 0.127. The number of aromatic carboxylic acids is 1. The highest BCUT2D eigenvalue weighted by atomic mass is 32.1. The zero-order valence-corrected chi connectivity index (χ0v) is 12.6. The third-order valence-corrected chi connectivity index (χ3v) is 5.13. The Morgan fingerprint density at radius 1 is 1.29 bits per heavy atom. The molecule has 0 spiro atoms. The molecule has 0 radical (unpaired) electrons. The Morgan fingerprint density at radius 2 is 2.00 bits per heavy atom. The van der Waals surface area contributed by atoms with Gasteiger partial charge in [0.15, 0.2) is 0 Å². The zero-order valence-electron chi connectivity index (χ0n) is 11.8. The van der Waals surface area contributed by atoms with E-state index in [2.05, 4.69) is 5.32 Å². The van der Waals surface area contributed by atoms with E-state index in [1.54, 1.807) is 6.92 Å².